The van der Waals surface area contributed by atoms with Crippen molar-refractivity contribution in [3.63, 3.8) is 0 Å². The molecule has 6 nitrogen and oxygen atoms in total. The predicted octanol–water partition coefficient (Wildman–Crippen LogP) is 2.08. The van der Waals surface area contributed by atoms with E-state index in [4.69, 9.17) is 16.3 Å². The number of nitrogens with zero attached hydrogens (tertiary/aromatic N) is 2. The van der Waals surface area contributed by atoms with Crippen LogP contribution in [0.3, 0.4) is 0 Å². The zero-order valence-corrected chi connectivity index (χ0v) is 17.4. The number of sulfonamides is 1. The molecule has 0 aliphatic carbocycles. The molecule has 2 aliphatic heterocycles. The van der Waals surface area contributed by atoms with E-state index >= 15 is 0 Å². The number of nitrogens with one attached hydrogen (secondary N) is 1. The highest BCUT2D eigenvalue weighted by Crippen LogP contribution is 2.30. The number of hydrogen-bond donors (Lipinski definition) is 1. The summed E-state index contributed by atoms with van der Waals surface area (Å²) in [6.07, 6.45) is 2.41. The SMILES string of the molecule is COc1ccc(Cl)cc1S(=O)(=O)N1CCN(CC2CCNCC2)CC1.Cl. The van der Waals surface area contributed by atoms with E-state index in [0.29, 0.717) is 23.9 Å². The Morgan fingerprint density at radius 2 is 1.85 bits per heavy atom. The predicted molar refractivity (Wildman–Crippen MR) is 106 cm³/mol. The second kappa shape index (κ2) is 9.57. The van der Waals surface area contributed by atoms with Crippen molar-refractivity contribution < 1.29 is 13.2 Å². The van der Waals surface area contributed by atoms with Gasteiger partial charge in [-0.05, 0) is 50.0 Å². The molecular weight excluding hydrogens is 397 g/mol. The molecule has 1 aromatic rings. The first-order valence-corrected chi connectivity index (χ1v) is 10.6. The maximum atomic E-state index is 13.0. The van der Waals surface area contributed by atoms with Crippen molar-refractivity contribution in [2.45, 2.75) is 17.7 Å². The van der Waals surface area contributed by atoms with E-state index in [1.165, 1.54) is 26.0 Å². The summed E-state index contributed by atoms with van der Waals surface area (Å²) in [4.78, 5) is 2.53. The van der Waals surface area contributed by atoms with E-state index in [9.17, 15) is 8.42 Å². The standard InChI is InChI=1S/C17H26ClN3O3S.ClH/c1-24-16-3-2-15(18)12-17(16)25(22,23)21-10-8-20(9-11-21)13-14-4-6-19-7-5-14;/h2-3,12,14,19H,4-11,13H2,1H3;1H. The van der Waals surface area contributed by atoms with Crippen molar-refractivity contribution in [3.8, 4) is 5.75 Å². The Balaban J connectivity index is 0.00000243. The summed E-state index contributed by atoms with van der Waals surface area (Å²) >= 11 is 6.00. The maximum Gasteiger partial charge on any atom is 0.246 e. The van der Waals surface area contributed by atoms with Gasteiger partial charge in [0, 0.05) is 37.7 Å². The topological polar surface area (TPSA) is 61.9 Å². The Morgan fingerprint density at radius 1 is 1.19 bits per heavy atom. The minimum atomic E-state index is -3.60. The lowest BCUT2D eigenvalue weighted by Gasteiger charge is -2.36. The molecule has 1 N–H and O–H groups in total. The Morgan fingerprint density at radius 3 is 2.46 bits per heavy atom. The number of rotatable bonds is 5. The molecule has 3 rings (SSSR count). The zero-order chi connectivity index (χ0) is 17.9. The Kier molecular flexibility index (Phi) is 8.00. The molecule has 0 spiro atoms. The fourth-order valence-corrected chi connectivity index (χ4v) is 5.41. The molecule has 1 aromatic carbocycles. The summed E-state index contributed by atoms with van der Waals surface area (Å²) in [5, 5.41) is 3.78. The van der Waals surface area contributed by atoms with Crippen LogP contribution in [0.15, 0.2) is 23.1 Å². The van der Waals surface area contributed by atoms with Crippen LogP contribution in [-0.2, 0) is 10.0 Å². The maximum absolute atomic E-state index is 13.0. The first-order chi connectivity index (χ1) is 12.0. The van der Waals surface area contributed by atoms with E-state index < -0.39 is 10.0 Å². The number of halogens is 2. The van der Waals surface area contributed by atoms with Gasteiger partial charge in [-0.2, -0.15) is 4.31 Å². The van der Waals surface area contributed by atoms with E-state index in [0.717, 1.165) is 38.6 Å². The van der Waals surface area contributed by atoms with Gasteiger partial charge in [-0.15, -0.1) is 12.4 Å². The minimum Gasteiger partial charge on any atom is -0.495 e. The van der Waals surface area contributed by atoms with E-state index in [1.807, 2.05) is 0 Å². The Labute approximate surface area is 167 Å². The molecule has 0 saturated carbocycles. The number of methoxy groups -OCH3 is 1. The number of hydrogen-bond acceptors (Lipinski definition) is 5. The molecule has 0 aromatic heterocycles. The fraction of sp³-hybridized carbons (Fsp3) is 0.647. The average molecular weight is 424 g/mol. The van der Waals surface area contributed by atoms with Crippen LogP contribution in [0.25, 0.3) is 0 Å². The van der Waals surface area contributed by atoms with Crippen LogP contribution in [0, 0.1) is 5.92 Å². The second-order valence-corrected chi connectivity index (χ2v) is 9.04. The van der Waals surface area contributed by atoms with Crippen molar-refractivity contribution in [1.82, 2.24) is 14.5 Å². The third-order valence-electron chi connectivity index (χ3n) is 5.05. The van der Waals surface area contributed by atoms with Crippen LogP contribution in [0.1, 0.15) is 12.8 Å². The van der Waals surface area contributed by atoms with Crippen LogP contribution in [0.5, 0.6) is 5.75 Å². The largest absolute Gasteiger partial charge is 0.495 e. The van der Waals surface area contributed by atoms with Crippen LogP contribution in [-0.4, -0.2) is 70.5 Å². The van der Waals surface area contributed by atoms with E-state index in [2.05, 4.69) is 10.2 Å². The first-order valence-electron chi connectivity index (χ1n) is 8.77. The lowest BCUT2D eigenvalue weighted by atomic mass is 9.97. The van der Waals surface area contributed by atoms with Crippen molar-refractivity contribution in [1.29, 1.82) is 0 Å². The summed E-state index contributed by atoms with van der Waals surface area (Å²) in [6.45, 7) is 5.79. The lowest BCUT2D eigenvalue weighted by Crippen LogP contribution is -2.50. The molecule has 0 unspecified atom stereocenters. The third-order valence-corrected chi connectivity index (χ3v) is 7.20. The van der Waals surface area contributed by atoms with Gasteiger partial charge in [0.1, 0.15) is 10.6 Å². The number of piperidine rings is 1. The lowest BCUT2D eigenvalue weighted by molar-refractivity contribution is 0.152. The first kappa shape index (κ1) is 21.7. The molecule has 0 radical (unpaired) electrons. The van der Waals surface area contributed by atoms with Crippen molar-refractivity contribution >= 4 is 34.0 Å². The molecule has 0 atom stereocenters. The highest BCUT2D eigenvalue weighted by atomic mass is 35.5. The normalized spacial score (nSPS) is 20.5. The van der Waals surface area contributed by atoms with Crippen LogP contribution >= 0.6 is 24.0 Å². The van der Waals surface area contributed by atoms with Gasteiger partial charge in [-0.25, -0.2) is 8.42 Å². The molecule has 26 heavy (non-hydrogen) atoms. The molecule has 148 valence electrons. The number of ether oxygens (including phenoxy) is 1. The molecular formula is C17H27Cl2N3O3S. The van der Waals surface area contributed by atoms with E-state index in [-0.39, 0.29) is 17.3 Å². The number of piperazine rings is 1. The zero-order valence-electron chi connectivity index (χ0n) is 15.0. The van der Waals surface area contributed by atoms with E-state index in [1.54, 1.807) is 16.4 Å². The summed E-state index contributed by atoms with van der Waals surface area (Å²) in [6, 6.07) is 4.70. The summed E-state index contributed by atoms with van der Waals surface area (Å²) < 4.78 is 32.7. The minimum absolute atomic E-state index is 0. The summed E-state index contributed by atoms with van der Waals surface area (Å²) in [7, 11) is -2.13. The quantitative estimate of drug-likeness (QED) is 0.785. The molecule has 9 heteroatoms. The van der Waals surface area contributed by atoms with Gasteiger partial charge < -0.3 is 15.0 Å². The number of benzene rings is 1. The van der Waals surface area contributed by atoms with Gasteiger partial charge in [0.15, 0.2) is 0 Å². The van der Waals surface area contributed by atoms with Gasteiger partial charge in [-0.3, -0.25) is 0 Å². The van der Waals surface area contributed by atoms with Crippen molar-refractivity contribution in [3.05, 3.63) is 23.2 Å². The van der Waals surface area contributed by atoms with Gasteiger partial charge >= 0.3 is 0 Å². The third kappa shape index (κ3) is 5.03. The van der Waals surface area contributed by atoms with Gasteiger partial charge in [0.05, 0.1) is 7.11 Å². The molecule has 2 fully saturated rings. The Hall–Kier alpha value is -0.570. The molecule has 0 amide bonds. The second-order valence-electron chi connectivity index (χ2n) is 6.69. The molecule has 2 heterocycles. The van der Waals surface area contributed by atoms with Crippen molar-refractivity contribution in [2.24, 2.45) is 5.92 Å². The van der Waals surface area contributed by atoms with Gasteiger partial charge in [-0.1, -0.05) is 11.6 Å². The van der Waals surface area contributed by atoms with Crippen LogP contribution in [0.2, 0.25) is 5.02 Å². The van der Waals surface area contributed by atoms with Gasteiger partial charge in [0.2, 0.25) is 10.0 Å². The molecule has 2 saturated heterocycles. The average Bonchev–Trinajstić information content (AvgIpc) is 2.63. The highest BCUT2D eigenvalue weighted by molar-refractivity contribution is 7.89. The summed E-state index contributed by atoms with van der Waals surface area (Å²) in [5.41, 5.74) is 0. The molecule has 0 bridgehead atoms. The fourth-order valence-electron chi connectivity index (χ4n) is 3.57. The Bertz CT molecular complexity index is 688. The van der Waals surface area contributed by atoms with Crippen LogP contribution in [0.4, 0.5) is 0 Å². The monoisotopic (exact) mass is 423 g/mol. The van der Waals surface area contributed by atoms with Crippen molar-refractivity contribution in [2.75, 3.05) is 52.9 Å². The molecule has 2 aliphatic rings. The van der Waals surface area contributed by atoms with Gasteiger partial charge in [0.25, 0.3) is 0 Å². The van der Waals surface area contributed by atoms with Crippen LogP contribution < -0.4 is 10.1 Å². The smallest absolute Gasteiger partial charge is 0.246 e. The summed E-state index contributed by atoms with van der Waals surface area (Å²) in [5.74, 6) is 1.05. The highest BCUT2D eigenvalue weighted by Gasteiger charge is 2.31.